The molecule has 7 atom stereocenters. The number of aromatic amines is 1. The van der Waals surface area contributed by atoms with Crippen molar-refractivity contribution in [2.24, 2.45) is 22.2 Å². The van der Waals surface area contributed by atoms with Gasteiger partial charge in [-0.15, -0.1) is 0 Å². The van der Waals surface area contributed by atoms with Gasteiger partial charge in [0.2, 0.25) is 35.4 Å². The summed E-state index contributed by atoms with van der Waals surface area (Å²) in [7, 11) is 1.57. The van der Waals surface area contributed by atoms with E-state index < -0.39 is 77.8 Å². The number of primary amides is 1. The predicted octanol–water partition coefficient (Wildman–Crippen LogP) is -1.90. The van der Waals surface area contributed by atoms with Gasteiger partial charge in [-0.1, -0.05) is 48.5 Å². The van der Waals surface area contributed by atoms with E-state index in [1.807, 2.05) is 24.3 Å². The van der Waals surface area contributed by atoms with Crippen LogP contribution in [0.2, 0.25) is 0 Å². The van der Waals surface area contributed by atoms with Crippen LogP contribution in [0.5, 0.6) is 0 Å². The lowest BCUT2D eigenvalue weighted by Gasteiger charge is -2.30. The number of ketones is 1. The average molecular weight is 887 g/mol. The first-order chi connectivity index (χ1) is 30.7. The van der Waals surface area contributed by atoms with E-state index in [0.717, 1.165) is 10.9 Å². The van der Waals surface area contributed by atoms with Crippen LogP contribution < -0.4 is 49.1 Å². The summed E-state index contributed by atoms with van der Waals surface area (Å²) in [5, 5.41) is 28.7. The first-order valence-electron chi connectivity index (χ1n) is 21.8. The van der Waals surface area contributed by atoms with Gasteiger partial charge < -0.3 is 64.1 Å². The Kier molecular flexibility index (Phi) is 18.2. The standard InChI is InChI=1S/C44H62N12O8/c1-48-34-17-16-28(57)24-49-18-8-7-14-32(38(45)59)52-41(62)36(21-27-23-51-31-13-6-5-12-30(27)31)54-39(60)33(15-9-19-50-44(46)47)53-40(61)35(20-26-10-3-2-4-11-26)55-42(63)37-22-29(58)25-56(37)43(34)64/h2-6,10-13,23,29,32-37,48-49,51,58H,7-9,14-22,24-25H2,1H3,(H2,45,59)(H,52,62)(H,53,61)(H,54,60)(H,55,63)(H4,46,47,50)/t29-,32+,33+,34+,35-,36+,37+/m1/s1. The molecule has 20 nitrogen and oxygen atoms in total. The number of hydrogen-bond donors (Lipinski definition) is 11. The Morgan fingerprint density at radius 1 is 0.828 bits per heavy atom. The van der Waals surface area contributed by atoms with E-state index in [2.05, 4.69) is 41.9 Å². The van der Waals surface area contributed by atoms with Gasteiger partial charge in [-0.25, -0.2) is 0 Å². The van der Waals surface area contributed by atoms with Crippen LogP contribution in [-0.2, 0) is 46.4 Å². The zero-order valence-electron chi connectivity index (χ0n) is 36.1. The first-order valence-corrected chi connectivity index (χ1v) is 21.8. The topological polar surface area (TPSA) is 321 Å². The fourth-order valence-corrected chi connectivity index (χ4v) is 8.05. The molecule has 0 bridgehead atoms. The van der Waals surface area contributed by atoms with Crippen LogP contribution in [0.25, 0.3) is 10.9 Å². The molecule has 0 spiro atoms. The van der Waals surface area contributed by atoms with E-state index in [1.54, 1.807) is 43.6 Å². The van der Waals surface area contributed by atoms with E-state index >= 15 is 0 Å². The quantitative estimate of drug-likeness (QED) is 0.0605. The third kappa shape index (κ3) is 14.1. The molecular weight excluding hydrogens is 825 g/mol. The van der Waals surface area contributed by atoms with Gasteiger partial charge in [-0.05, 0) is 69.3 Å². The number of H-pyrrole nitrogens is 1. The molecular formula is C44H62N12O8. The molecule has 0 aliphatic carbocycles. The van der Waals surface area contributed by atoms with Crippen LogP contribution in [0.4, 0.5) is 0 Å². The number of carbonyl (C=O) groups excluding carboxylic acids is 7. The number of para-hydroxylation sites is 1. The van der Waals surface area contributed by atoms with Crippen LogP contribution in [0.1, 0.15) is 62.5 Å². The van der Waals surface area contributed by atoms with Gasteiger partial charge in [-0.2, -0.15) is 0 Å². The summed E-state index contributed by atoms with van der Waals surface area (Å²) in [4.78, 5) is 105. The van der Waals surface area contributed by atoms with E-state index in [-0.39, 0.29) is 82.7 Å². The number of rotatable bonds is 10. The molecule has 14 N–H and O–H groups in total. The first kappa shape index (κ1) is 48.6. The Bertz CT molecular complexity index is 2130. The van der Waals surface area contributed by atoms with Crippen molar-refractivity contribution in [3.8, 4) is 0 Å². The molecule has 346 valence electrons. The smallest absolute Gasteiger partial charge is 0.243 e. The van der Waals surface area contributed by atoms with Crippen molar-refractivity contribution < 1.29 is 38.7 Å². The molecule has 2 aliphatic heterocycles. The van der Waals surface area contributed by atoms with Crippen LogP contribution in [0, 0.1) is 0 Å². The average Bonchev–Trinajstić information content (AvgIpc) is 3.87. The molecule has 0 saturated carbocycles. The number of hydrogen-bond acceptors (Lipinski definition) is 11. The number of nitrogens with one attached hydrogen (secondary N) is 7. The molecule has 1 aromatic heterocycles. The Labute approximate surface area is 371 Å². The second-order valence-corrected chi connectivity index (χ2v) is 16.3. The number of nitrogens with zero attached hydrogens (tertiary/aromatic N) is 2. The van der Waals surface area contributed by atoms with E-state index in [0.29, 0.717) is 30.5 Å². The van der Waals surface area contributed by atoms with Crippen molar-refractivity contribution in [2.45, 2.75) is 107 Å². The Morgan fingerprint density at radius 2 is 1.50 bits per heavy atom. The molecule has 0 unspecified atom stereocenters. The van der Waals surface area contributed by atoms with Crippen LogP contribution >= 0.6 is 0 Å². The number of benzene rings is 2. The number of guanidine groups is 1. The highest BCUT2D eigenvalue weighted by atomic mass is 16.3. The summed E-state index contributed by atoms with van der Waals surface area (Å²) < 4.78 is 0. The van der Waals surface area contributed by atoms with Crippen LogP contribution in [-0.4, -0.2) is 138 Å². The molecule has 64 heavy (non-hydrogen) atoms. The summed E-state index contributed by atoms with van der Waals surface area (Å²) in [5.74, 6) is -4.44. The van der Waals surface area contributed by atoms with E-state index in [4.69, 9.17) is 17.2 Å². The SMILES string of the molecule is CN[C@H]1CCC(=O)CNCCCC[C@@H](C(N)=O)NC(=O)[C@H](Cc2c[nH]c3ccccc23)NC(=O)[C@H](CCCN=C(N)N)NC(=O)[C@@H](Cc2ccccc2)NC(=O)[C@@H]2C[C@@H](O)CN2C1=O. The molecule has 2 saturated heterocycles. The fraction of sp³-hybridized carbons (Fsp3) is 0.500. The zero-order chi connectivity index (χ0) is 46.2. The van der Waals surface area contributed by atoms with Crippen molar-refractivity contribution in [1.82, 2.24) is 41.8 Å². The highest BCUT2D eigenvalue weighted by Gasteiger charge is 2.42. The number of aliphatic hydroxyl groups is 1. The summed E-state index contributed by atoms with van der Waals surface area (Å²) in [6.07, 6.45) is 2.15. The number of aliphatic hydroxyl groups excluding tert-OH is 1. The van der Waals surface area contributed by atoms with Crippen LogP contribution in [0.15, 0.2) is 65.8 Å². The summed E-state index contributed by atoms with van der Waals surface area (Å²) >= 11 is 0. The number of likely N-dealkylation sites (N-methyl/N-ethyl adjacent to an activating group) is 1. The van der Waals surface area contributed by atoms with Crippen molar-refractivity contribution in [3.05, 3.63) is 71.9 Å². The van der Waals surface area contributed by atoms with E-state index in [9.17, 15) is 38.7 Å². The van der Waals surface area contributed by atoms with Crippen molar-refractivity contribution in [1.29, 1.82) is 0 Å². The molecule has 3 aromatic rings. The summed E-state index contributed by atoms with van der Waals surface area (Å²) in [5.41, 5.74) is 19.0. The number of nitrogens with two attached hydrogens (primary N) is 3. The fourth-order valence-electron chi connectivity index (χ4n) is 8.05. The largest absolute Gasteiger partial charge is 0.391 e. The minimum absolute atomic E-state index is 0.00470. The summed E-state index contributed by atoms with van der Waals surface area (Å²) in [6.45, 7) is 0.422. The second-order valence-electron chi connectivity index (χ2n) is 16.3. The number of aromatic nitrogens is 1. The van der Waals surface area contributed by atoms with Gasteiger partial charge in [-0.3, -0.25) is 38.6 Å². The van der Waals surface area contributed by atoms with Gasteiger partial charge in [0.25, 0.3) is 0 Å². The number of carbonyl (C=O) groups is 7. The third-order valence-electron chi connectivity index (χ3n) is 11.5. The zero-order valence-corrected chi connectivity index (χ0v) is 36.1. The molecule has 2 aliphatic rings. The minimum atomic E-state index is -1.28. The second kappa shape index (κ2) is 23.9. The molecule has 0 radical (unpaired) electrons. The van der Waals surface area contributed by atoms with Crippen molar-refractivity contribution in [2.75, 3.05) is 33.2 Å². The number of fused-ring (bicyclic) bond motifs is 2. The molecule has 2 aromatic carbocycles. The lowest BCUT2D eigenvalue weighted by molar-refractivity contribution is -0.141. The van der Waals surface area contributed by atoms with Gasteiger partial charge in [0.1, 0.15) is 36.0 Å². The maximum Gasteiger partial charge on any atom is 0.243 e. The maximum absolute atomic E-state index is 14.4. The summed E-state index contributed by atoms with van der Waals surface area (Å²) in [6, 6.07) is 9.38. The third-order valence-corrected chi connectivity index (χ3v) is 11.5. The van der Waals surface area contributed by atoms with Gasteiger partial charge in [0.15, 0.2) is 5.96 Å². The molecule has 2 fully saturated rings. The predicted molar refractivity (Wildman–Crippen MR) is 239 cm³/mol. The highest BCUT2D eigenvalue weighted by Crippen LogP contribution is 2.22. The van der Waals surface area contributed by atoms with Crippen LogP contribution in [0.3, 0.4) is 0 Å². The van der Waals surface area contributed by atoms with Gasteiger partial charge >= 0.3 is 0 Å². The molecule has 3 heterocycles. The Balaban J connectivity index is 1.49. The number of Topliss-reactive ketones (excluding diaryl/α,β-unsaturated/α-hetero) is 1. The van der Waals surface area contributed by atoms with Gasteiger partial charge in [0.05, 0.1) is 18.7 Å². The lowest BCUT2D eigenvalue weighted by atomic mass is 10.0. The van der Waals surface area contributed by atoms with Gasteiger partial charge in [0, 0.05) is 55.9 Å². The van der Waals surface area contributed by atoms with Crippen molar-refractivity contribution >= 4 is 58.1 Å². The molecule has 5 rings (SSSR count). The molecule has 6 amide bonds. The highest BCUT2D eigenvalue weighted by molar-refractivity contribution is 5.97. The Morgan fingerprint density at radius 3 is 2.23 bits per heavy atom. The lowest BCUT2D eigenvalue weighted by Crippen LogP contribution is -2.60. The molecule has 20 heteroatoms. The maximum atomic E-state index is 14.4. The monoisotopic (exact) mass is 886 g/mol. The van der Waals surface area contributed by atoms with Crippen molar-refractivity contribution in [3.63, 3.8) is 0 Å². The number of amides is 6. The minimum Gasteiger partial charge on any atom is -0.391 e. The normalized spacial score (nSPS) is 25.2. The number of aliphatic imine (C=N–C) groups is 1. The Hall–Kier alpha value is -6.38. The van der Waals surface area contributed by atoms with E-state index in [1.165, 1.54) is 4.90 Å².